The second-order valence-corrected chi connectivity index (χ2v) is 6.20. The number of halogens is 1. The van der Waals surface area contributed by atoms with E-state index < -0.39 is 0 Å². The first kappa shape index (κ1) is 13.7. The van der Waals surface area contributed by atoms with Gasteiger partial charge in [-0.05, 0) is 36.1 Å². The van der Waals surface area contributed by atoms with Crippen molar-refractivity contribution in [1.82, 2.24) is 0 Å². The molecule has 1 aliphatic carbocycles. The van der Waals surface area contributed by atoms with Gasteiger partial charge in [-0.2, -0.15) is 0 Å². The Morgan fingerprint density at radius 1 is 0.950 bits per heavy atom. The molecule has 20 heavy (non-hydrogen) atoms. The summed E-state index contributed by atoms with van der Waals surface area (Å²) in [6.45, 7) is 0. The van der Waals surface area contributed by atoms with Crippen molar-refractivity contribution in [2.45, 2.75) is 37.1 Å². The third kappa shape index (κ3) is 2.36. The van der Waals surface area contributed by atoms with Crippen LogP contribution >= 0.6 is 11.6 Å². The minimum Gasteiger partial charge on any atom is -0.323 e. The number of nitrogens with two attached hydrogens (primary N) is 1. The Hall–Kier alpha value is -1.31. The third-order valence-corrected chi connectivity index (χ3v) is 4.88. The fourth-order valence-electron chi connectivity index (χ4n) is 3.57. The fraction of sp³-hybridized carbons (Fsp3) is 0.333. The Morgan fingerprint density at radius 3 is 2.30 bits per heavy atom. The van der Waals surface area contributed by atoms with Crippen LogP contribution in [0.3, 0.4) is 0 Å². The molecule has 2 aromatic rings. The van der Waals surface area contributed by atoms with Crippen molar-refractivity contribution in [1.29, 1.82) is 0 Å². The van der Waals surface area contributed by atoms with Crippen molar-refractivity contribution in [3.05, 3.63) is 70.7 Å². The highest BCUT2D eigenvalue weighted by molar-refractivity contribution is 6.30. The molecule has 0 amide bonds. The first-order valence-electron chi connectivity index (χ1n) is 7.29. The molecule has 2 aromatic carbocycles. The van der Waals surface area contributed by atoms with Gasteiger partial charge in [-0.15, -0.1) is 0 Å². The predicted molar refractivity (Wildman–Crippen MR) is 85.0 cm³/mol. The van der Waals surface area contributed by atoms with E-state index in [9.17, 15) is 0 Å². The molecule has 0 aliphatic heterocycles. The van der Waals surface area contributed by atoms with Crippen LogP contribution in [0.5, 0.6) is 0 Å². The molecular formula is C18H20ClN. The largest absolute Gasteiger partial charge is 0.323 e. The molecule has 3 rings (SSSR count). The van der Waals surface area contributed by atoms with E-state index in [1.165, 1.54) is 18.4 Å². The van der Waals surface area contributed by atoms with Gasteiger partial charge in [-0.1, -0.05) is 66.9 Å². The van der Waals surface area contributed by atoms with Crippen LogP contribution in [0.4, 0.5) is 0 Å². The first-order chi connectivity index (χ1) is 9.72. The van der Waals surface area contributed by atoms with Crippen molar-refractivity contribution < 1.29 is 0 Å². The maximum Gasteiger partial charge on any atom is 0.0409 e. The Bertz CT molecular complexity index is 573. The maximum atomic E-state index is 6.68. The van der Waals surface area contributed by atoms with Crippen molar-refractivity contribution in [3.63, 3.8) is 0 Å². The molecule has 2 heteroatoms. The molecule has 1 fully saturated rings. The van der Waals surface area contributed by atoms with E-state index in [-0.39, 0.29) is 11.5 Å². The second-order valence-electron chi connectivity index (χ2n) is 5.76. The molecule has 1 atom stereocenters. The average molecular weight is 286 g/mol. The highest BCUT2D eigenvalue weighted by atomic mass is 35.5. The van der Waals surface area contributed by atoms with Crippen LogP contribution in [0.25, 0.3) is 0 Å². The lowest BCUT2D eigenvalue weighted by Crippen LogP contribution is -2.36. The molecule has 0 aromatic heterocycles. The van der Waals surface area contributed by atoms with Gasteiger partial charge in [0.25, 0.3) is 0 Å². The molecule has 1 aliphatic rings. The Labute approximate surface area is 125 Å². The summed E-state index contributed by atoms with van der Waals surface area (Å²) in [7, 11) is 0. The zero-order valence-corrected chi connectivity index (χ0v) is 12.3. The van der Waals surface area contributed by atoms with Gasteiger partial charge in [0.1, 0.15) is 0 Å². The third-order valence-electron chi connectivity index (χ3n) is 4.65. The molecule has 2 N–H and O–H groups in total. The summed E-state index contributed by atoms with van der Waals surface area (Å²) in [5.74, 6) is 0. The van der Waals surface area contributed by atoms with E-state index in [0.717, 1.165) is 23.4 Å². The molecule has 0 bridgehead atoms. The molecule has 0 heterocycles. The van der Waals surface area contributed by atoms with Crippen LogP contribution in [-0.4, -0.2) is 0 Å². The van der Waals surface area contributed by atoms with Crippen LogP contribution in [0.15, 0.2) is 54.6 Å². The van der Waals surface area contributed by atoms with Crippen LogP contribution < -0.4 is 5.73 Å². The first-order valence-corrected chi connectivity index (χ1v) is 7.67. The summed E-state index contributed by atoms with van der Waals surface area (Å²) >= 11 is 6.13. The van der Waals surface area contributed by atoms with E-state index in [2.05, 4.69) is 36.4 Å². The van der Waals surface area contributed by atoms with Gasteiger partial charge in [0, 0.05) is 16.5 Å². The van der Waals surface area contributed by atoms with Crippen molar-refractivity contribution in [3.8, 4) is 0 Å². The molecule has 104 valence electrons. The molecule has 0 spiro atoms. The lowest BCUT2D eigenvalue weighted by molar-refractivity contribution is 0.356. The molecular weight excluding hydrogens is 266 g/mol. The quantitative estimate of drug-likeness (QED) is 0.857. The summed E-state index contributed by atoms with van der Waals surface area (Å²) in [5, 5.41) is 0.763. The maximum absolute atomic E-state index is 6.68. The number of hydrogen-bond donors (Lipinski definition) is 1. The van der Waals surface area contributed by atoms with Crippen LogP contribution in [-0.2, 0) is 5.41 Å². The van der Waals surface area contributed by atoms with Gasteiger partial charge in [0.05, 0.1) is 0 Å². The number of hydrogen-bond acceptors (Lipinski definition) is 1. The minimum atomic E-state index is 0.00565. The van der Waals surface area contributed by atoms with Gasteiger partial charge in [-0.25, -0.2) is 0 Å². The Morgan fingerprint density at radius 2 is 1.65 bits per heavy atom. The van der Waals surface area contributed by atoms with Crippen molar-refractivity contribution in [2.75, 3.05) is 0 Å². The highest BCUT2D eigenvalue weighted by Crippen LogP contribution is 2.48. The van der Waals surface area contributed by atoms with E-state index in [4.69, 9.17) is 17.3 Å². The lowest BCUT2D eigenvalue weighted by Gasteiger charge is -2.36. The van der Waals surface area contributed by atoms with E-state index in [0.29, 0.717) is 0 Å². The lowest BCUT2D eigenvalue weighted by atomic mass is 9.71. The molecule has 1 nitrogen and oxygen atoms in total. The van der Waals surface area contributed by atoms with E-state index in [1.54, 1.807) is 0 Å². The van der Waals surface area contributed by atoms with E-state index in [1.807, 2.05) is 18.2 Å². The van der Waals surface area contributed by atoms with Gasteiger partial charge in [0.2, 0.25) is 0 Å². The molecule has 1 unspecified atom stereocenters. The molecule has 1 saturated carbocycles. The van der Waals surface area contributed by atoms with Crippen LogP contribution in [0.2, 0.25) is 5.02 Å². The second kappa shape index (κ2) is 5.59. The fourth-order valence-corrected chi connectivity index (χ4v) is 3.77. The Balaban J connectivity index is 2.03. The van der Waals surface area contributed by atoms with Crippen molar-refractivity contribution >= 4 is 11.6 Å². The van der Waals surface area contributed by atoms with Crippen molar-refractivity contribution in [2.24, 2.45) is 5.73 Å². The van der Waals surface area contributed by atoms with Crippen LogP contribution in [0, 0.1) is 0 Å². The SMILES string of the molecule is NC(c1cccc(Cl)c1)C1(c2ccccc2)CCCC1. The molecule has 0 saturated heterocycles. The van der Waals surface area contributed by atoms with Gasteiger partial charge >= 0.3 is 0 Å². The topological polar surface area (TPSA) is 26.0 Å². The summed E-state index contributed by atoms with van der Waals surface area (Å²) in [6, 6.07) is 18.7. The highest BCUT2D eigenvalue weighted by Gasteiger charge is 2.41. The minimum absolute atomic E-state index is 0.00565. The summed E-state index contributed by atoms with van der Waals surface area (Å²) in [4.78, 5) is 0. The van der Waals surface area contributed by atoms with Crippen LogP contribution in [0.1, 0.15) is 42.9 Å². The zero-order chi connectivity index (χ0) is 14.0. The summed E-state index contributed by atoms with van der Waals surface area (Å²) in [6.07, 6.45) is 4.82. The Kier molecular flexibility index (Phi) is 3.82. The number of benzene rings is 2. The van der Waals surface area contributed by atoms with Gasteiger partial charge < -0.3 is 5.73 Å². The zero-order valence-electron chi connectivity index (χ0n) is 11.6. The normalized spacial score (nSPS) is 18.9. The average Bonchev–Trinajstić information content (AvgIpc) is 2.98. The smallest absolute Gasteiger partial charge is 0.0409 e. The molecule has 0 radical (unpaired) electrons. The van der Waals surface area contributed by atoms with Gasteiger partial charge in [-0.3, -0.25) is 0 Å². The standard InChI is InChI=1S/C18H20ClN/c19-16-10-6-7-14(13-16)17(20)18(11-4-5-12-18)15-8-2-1-3-9-15/h1-3,6-10,13,17H,4-5,11-12,20H2. The summed E-state index contributed by atoms with van der Waals surface area (Å²) < 4.78 is 0. The predicted octanol–water partition coefficient (Wildman–Crippen LogP) is 4.85. The summed E-state index contributed by atoms with van der Waals surface area (Å²) in [5.41, 5.74) is 9.25. The van der Waals surface area contributed by atoms with E-state index >= 15 is 0 Å². The monoisotopic (exact) mass is 285 g/mol. The number of rotatable bonds is 3. The van der Waals surface area contributed by atoms with Gasteiger partial charge in [0.15, 0.2) is 0 Å².